The molecule has 1 aliphatic heterocycles. The van der Waals surface area contributed by atoms with Crippen LogP contribution in [0.25, 0.3) is 11.1 Å². The van der Waals surface area contributed by atoms with Crippen molar-refractivity contribution in [3.05, 3.63) is 102 Å². The Balaban J connectivity index is 1.96. The Morgan fingerprint density at radius 3 is 2.42 bits per heavy atom. The van der Waals surface area contributed by atoms with E-state index in [1.807, 2.05) is 36.8 Å². The van der Waals surface area contributed by atoms with Gasteiger partial charge in [-0.1, -0.05) is 66.7 Å². The number of aromatic nitrogens is 1. The minimum absolute atomic E-state index is 0.282. The Morgan fingerprint density at radius 2 is 1.67 bits per heavy atom. The van der Waals surface area contributed by atoms with Crippen molar-refractivity contribution in [3.8, 4) is 11.1 Å². The molecule has 2 heteroatoms. The molecule has 1 unspecified atom stereocenters. The number of benzene rings is 2. The lowest BCUT2D eigenvalue weighted by Crippen LogP contribution is -2.31. The van der Waals surface area contributed by atoms with Crippen LogP contribution in [0.5, 0.6) is 0 Å². The largest absolute Gasteiger partial charge is 0.292 e. The van der Waals surface area contributed by atoms with Crippen molar-refractivity contribution in [2.45, 2.75) is 5.41 Å². The second-order valence-corrected chi connectivity index (χ2v) is 5.97. The zero-order valence-corrected chi connectivity index (χ0v) is 13.3. The fourth-order valence-electron chi connectivity index (χ4n) is 3.40. The summed E-state index contributed by atoms with van der Waals surface area (Å²) in [5.41, 5.74) is 4.61. The van der Waals surface area contributed by atoms with Gasteiger partial charge in [0.25, 0.3) is 0 Å². The fourth-order valence-corrected chi connectivity index (χ4v) is 3.40. The van der Waals surface area contributed by atoms with Crippen molar-refractivity contribution in [1.82, 2.24) is 4.98 Å². The number of dihydropyridines is 1. The van der Waals surface area contributed by atoms with Gasteiger partial charge in [-0.2, -0.15) is 0 Å². The van der Waals surface area contributed by atoms with Crippen LogP contribution in [-0.4, -0.2) is 17.7 Å². The summed E-state index contributed by atoms with van der Waals surface area (Å²) < 4.78 is 0. The van der Waals surface area contributed by atoms with Gasteiger partial charge in [-0.3, -0.25) is 9.98 Å². The SMILES string of the molecule is C1=CC(c2cccnc2)(c2ccccc2-c2ccccc2)CN=C1. The molecule has 3 aromatic rings. The topological polar surface area (TPSA) is 25.2 Å². The van der Waals surface area contributed by atoms with Gasteiger partial charge in [0.05, 0.1) is 12.0 Å². The smallest absolute Gasteiger partial charge is 0.0601 e. The normalized spacial score (nSPS) is 19.3. The third kappa shape index (κ3) is 2.46. The minimum Gasteiger partial charge on any atom is -0.292 e. The van der Waals surface area contributed by atoms with Crippen LogP contribution >= 0.6 is 0 Å². The van der Waals surface area contributed by atoms with Gasteiger partial charge in [-0.25, -0.2) is 0 Å². The summed E-state index contributed by atoms with van der Waals surface area (Å²) in [5.74, 6) is 0. The van der Waals surface area contributed by atoms with Crippen molar-refractivity contribution < 1.29 is 0 Å². The fraction of sp³-hybridized carbons (Fsp3) is 0.0909. The van der Waals surface area contributed by atoms with Crippen molar-refractivity contribution in [2.24, 2.45) is 4.99 Å². The van der Waals surface area contributed by atoms with E-state index in [9.17, 15) is 0 Å². The molecule has 2 nitrogen and oxygen atoms in total. The molecule has 2 heterocycles. The predicted octanol–water partition coefficient (Wildman–Crippen LogP) is 4.68. The zero-order valence-electron chi connectivity index (χ0n) is 13.3. The van der Waals surface area contributed by atoms with E-state index in [2.05, 4.69) is 70.6 Å². The Kier molecular flexibility index (Phi) is 3.80. The molecule has 0 fully saturated rings. The van der Waals surface area contributed by atoms with Crippen molar-refractivity contribution >= 4 is 6.21 Å². The molecule has 0 saturated heterocycles. The van der Waals surface area contributed by atoms with Crippen LogP contribution in [0, 0.1) is 0 Å². The first-order chi connectivity index (χ1) is 11.9. The highest BCUT2D eigenvalue weighted by molar-refractivity contribution is 5.77. The third-order valence-electron chi connectivity index (χ3n) is 4.58. The summed E-state index contributed by atoms with van der Waals surface area (Å²) in [6, 6.07) is 23.3. The molecule has 1 aliphatic rings. The molecule has 0 saturated carbocycles. The summed E-state index contributed by atoms with van der Waals surface area (Å²) in [4.78, 5) is 8.93. The van der Waals surface area contributed by atoms with Crippen LogP contribution in [0.4, 0.5) is 0 Å². The van der Waals surface area contributed by atoms with Gasteiger partial charge in [-0.05, 0) is 34.4 Å². The molecule has 1 aromatic heterocycles. The minimum atomic E-state index is -0.282. The lowest BCUT2D eigenvalue weighted by atomic mass is 9.71. The molecule has 116 valence electrons. The van der Waals surface area contributed by atoms with Gasteiger partial charge < -0.3 is 0 Å². The maximum Gasteiger partial charge on any atom is 0.0601 e. The number of hydrogen-bond donors (Lipinski definition) is 0. The number of pyridine rings is 1. The van der Waals surface area contributed by atoms with Crippen LogP contribution in [0.2, 0.25) is 0 Å². The highest BCUT2D eigenvalue weighted by Gasteiger charge is 2.34. The lowest BCUT2D eigenvalue weighted by molar-refractivity contribution is 0.651. The Hall–Kier alpha value is -3.00. The van der Waals surface area contributed by atoms with Gasteiger partial charge in [0, 0.05) is 18.6 Å². The Morgan fingerprint density at radius 1 is 0.833 bits per heavy atom. The number of aliphatic imine (C=N–C) groups is 1. The molecular weight excluding hydrogens is 292 g/mol. The highest BCUT2D eigenvalue weighted by atomic mass is 14.8. The summed E-state index contributed by atoms with van der Waals surface area (Å²) in [6.07, 6.45) is 9.93. The molecule has 1 atom stereocenters. The average Bonchev–Trinajstić information content (AvgIpc) is 2.70. The van der Waals surface area contributed by atoms with Gasteiger partial charge in [0.1, 0.15) is 0 Å². The standard InChI is InChI=1S/C22H18N2/c1-2-8-18(9-3-1)20-11-4-5-12-21(20)22(13-7-15-24-17-22)19-10-6-14-23-16-19/h1-16H,17H2. The Labute approximate surface area is 142 Å². The number of allylic oxidation sites excluding steroid dienone is 1. The first-order valence-electron chi connectivity index (χ1n) is 8.13. The summed E-state index contributed by atoms with van der Waals surface area (Å²) in [5, 5.41) is 0. The molecule has 0 aliphatic carbocycles. The molecule has 0 radical (unpaired) electrons. The molecule has 0 amide bonds. The molecule has 4 rings (SSSR count). The number of hydrogen-bond acceptors (Lipinski definition) is 2. The predicted molar refractivity (Wildman–Crippen MR) is 99.4 cm³/mol. The van der Waals surface area contributed by atoms with Crippen molar-refractivity contribution in [3.63, 3.8) is 0 Å². The molecular formula is C22H18N2. The highest BCUT2D eigenvalue weighted by Crippen LogP contribution is 2.40. The summed E-state index contributed by atoms with van der Waals surface area (Å²) in [7, 11) is 0. The van der Waals surface area contributed by atoms with Crippen LogP contribution in [0.1, 0.15) is 11.1 Å². The van der Waals surface area contributed by atoms with E-state index >= 15 is 0 Å². The second-order valence-electron chi connectivity index (χ2n) is 5.97. The van der Waals surface area contributed by atoms with E-state index in [4.69, 9.17) is 0 Å². The van der Waals surface area contributed by atoms with E-state index in [0.717, 1.165) is 0 Å². The van der Waals surface area contributed by atoms with E-state index in [1.54, 1.807) is 0 Å². The van der Waals surface area contributed by atoms with E-state index in [0.29, 0.717) is 6.54 Å². The molecule has 2 aromatic carbocycles. The second kappa shape index (κ2) is 6.25. The van der Waals surface area contributed by atoms with E-state index in [1.165, 1.54) is 22.3 Å². The molecule has 24 heavy (non-hydrogen) atoms. The van der Waals surface area contributed by atoms with Crippen molar-refractivity contribution in [1.29, 1.82) is 0 Å². The summed E-state index contributed by atoms with van der Waals surface area (Å²) >= 11 is 0. The zero-order chi connectivity index (χ0) is 16.2. The molecule has 0 bridgehead atoms. The van der Waals surface area contributed by atoms with Crippen LogP contribution in [-0.2, 0) is 5.41 Å². The van der Waals surface area contributed by atoms with E-state index in [-0.39, 0.29) is 5.41 Å². The Bertz CT molecular complexity index is 882. The van der Waals surface area contributed by atoms with Crippen molar-refractivity contribution in [2.75, 3.05) is 6.54 Å². The van der Waals surface area contributed by atoms with Gasteiger partial charge in [0.15, 0.2) is 0 Å². The third-order valence-corrected chi connectivity index (χ3v) is 4.58. The number of rotatable bonds is 3. The first-order valence-corrected chi connectivity index (χ1v) is 8.13. The van der Waals surface area contributed by atoms with Gasteiger partial charge in [0.2, 0.25) is 0 Å². The first kappa shape index (κ1) is 14.6. The quantitative estimate of drug-likeness (QED) is 0.690. The van der Waals surface area contributed by atoms with Crippen LogP contribution in [0.15, 0.2) is 96.3 Å². The molecule has 0 spiro atoms. The maximum absolute atomic E-state index is 4.58. The van der Waals surface area contributed by atoms with Gasteiger partial charge in [-0.15, -0.1) is 0 Å². The number of nitrogens with zero attached hydrogens (tertiary/aromatic N) is 2. The van der Waals surface area contributed by atoms with Gasteiger partial charge >= 0.3 is 0 Å². The van der Waals surface area contributed by atoms with E-state index < -0.39 is 0 Å². The maximum atomic E-state index is 4.58. The van der Waals surface area contributed by atoms with Crippen LogP contribution in [0.3, 0.4) is 0 Å². The lowest BCUT2D eigenvalue weighted by Gasteiger charge is -2.33. The average molecular weight is 310 g/mol. The summed E-state index contributed by atoms with van der Waals surface area (Å²) in [6.45, 7) is 0.693. The van der Waals surface area contributed by atoms with Crippen LogP contribution < -0.4 is 0 Å². The molecule has 0 N–H and O–H groups in total. The monoisotopic (exact) mass is 310 g/mol.